The summed E-state index contributed by atoms with van der Waals surface area (Å²) in [5.41, 5.74) is 16.8. The largest absolute Gasteiger partial charge is 0.399 e. The Morgan fingerprint density at radius 1 is 0.633 bits per heavy atom. The second-order valence-corrected chi connectivity index (χ2v) is 8.66. The predicted octanol–water partition coefficient (Wildman–Crippen LogP) is 7.35. The van der Waals surface area contributed by atoms with E-state index in [2.05, 4.69) is 105 Å². The van der Waals surface area contributed by atoms with E-state index in [9.17, 15) is 0 Å². The molecule has 0 saturated carbocycles. The van der Waals surface area contributed by atoms with Crippen LogP contribution in [0.2, 0.25) is 0 Å². The molecule has 0 aliphatic heterocycles. The molecule has 0 spiro atoms. The van der Waals surface area contributed by atoms with Crippen LogP contribution < -0.4 is 10.6 Å². The quantitative estimate of drug-likeness (QED) is 0.370. The van der Waals surface area contributed by atoms with Crippen LogP contribution in [0.25, 0.3) is 11.1 Å². The van der Waals surface area contributed by atoms with Crippen molar-refractivity contribution in [2.45, 2.75) is 26.2 Å². The molecule has 2 N–H and O–H groups in total. The average molecular weight is 391 g/mol. The third-order valence-electron chi connectivity index (χ3n) is 6.27. The maximum Gasteiger partial charge on any atom is 0.0465 e. The first-order valence-electron chi connectivity index (χ1n) is 10.4. The van der Waals surface area contributed by atoms with Crippen molar-refractivity contribution < 1.29 is 0 Å². The Morgan fingerprint density at radius 3 is 1.90 bits per heavy atom. The molecule has 0 heterocycles. The first-order valence-corrected chi connectivity index (χ1v) is 10.4. The number of nitrogens with two attached hydrogens (primary N) is 1. The molecule has 0 unspecified atom stereocenters. The second kappa shape index (κ2) is 6.77. The van der Waals surface area contributed by atoms with E-state index < -0.39 is 0 Å². The zero-order chi connectivity index (χ0) is 20.9. The van der Waals surface area contributed by atoms with Gasteiger partial charge in [-0.15, -0.1) is 0 Å². The lowest BCUT2D eigenvalue weighted by molar-refractivity contribution is 0.660. The molecule has 0 aromatic heterocycles. The summed E-state index contributed by atoms with van der Waals surface area (Å²) < 4.78 is 0. The fourth-order valence-electron chi connectivity index (χ4n) is 4.60. The zero-order valence-electron chi connectivity index (χ0n) is 17.7. The van der Waals surface area contributed by atoms with Gasteiger partial charge in [0.25, 0.3) is 0 Å². The zero-order valence-corrected chi connectivity index (χ0v) is 17.7. The lowest BCUT2D eigenvalue weighted by Gasteiger charge is -2.28. The highest BCUT2D eigenvalue weighted by Gasteiger charge is 2.35. The Morgan fingerprint density at radius 2 is 1.20 bits per heavy atom. The number of anilines is 4. The number of hydrogen-bond donors (Lipinski definition) is 1. The van der Waals surface area contributed by atoms with Crippen LogP contribution in [0.3, 0.4) is 0 Å². The van der Waals surface area contributed by atoms with Crippen LogP contribution in [-0.4, -0.2) is 0 Å². The summed E-state index contributed by atoms with van der Waals surface area (Å²) in [6.45, 7) is 6.76. The highest BCUT2D eigenvalue weighted by Crippen LogP contribution is 2.50. The van der Waals surface area contributed by atoms with Crippen molar-refractivity contribution in [1.82, 2.24) is 0 Å². The molecule has 4 aromatic rings. The fourth-order valence-corrected chi connectivity index (χ4v) is 4.60. The van der Waals surface area contributed by atoms with Gasteiger partial charge in [0.1, 0.15) is 0 Å². The van der Waals surface area contributed by atoms with E-state index in [-0.39, 0.29) is 5.41 Å². The van der Waals surface area contributed by atoms with Gasteiger partial charge >= 0.3 is 0 Å². The van der Waals surface area contributed by atoms with Gasteiger partial charge in [0.2, 0.25) is 0 Å². The lowest BCUT2D eigenvalue weighted by Crippen LogP contribution is -2.16. The fraction of sp³-hybridized carbons (Fsp3) is 0.143. The minimum Gasteiger partial charge on any atom is -0.399 e. The summed E-state index contributed by atoms with van der Waals surface area (Å²) in [4.78, 5) is 2.30. The summed E-state index contributed by atoms with van der Waals surface area (Å²) in [6.07, 6.45) is 0. The van der Waals surface area contributed by atoms with Gasteiger partial charge < -0.3 is 10.6 Å². The van der Waals surface area contributed by atoms with E-state index in [1.54, 1.807) is 0 Å². The van der Waals surface area contributed by atoms with E-state index in [0.29, 0.717) is 0 Å². The minimum atomic E-state index is -0.0258. The second-order valence-electron chi connectivity index (χ2n) is 8.66. The molecular weight excluding hydrogens is 364 g/mol. The highest BCUT2D eigenvalue weighted by molar-refractivity contribution is 5.85. The Balaban J connectivity index is 1.69. The SMILES string of the molecule is Cc1ccc(N(c2ccc(N)cc2)c2ccc3c(c2)C(C)(C)c2ccccc2-3)cc1. The molecule has 0 fully saturated rings. The van der Waals surface area contributed by atoms with E-state index in [0.717, 1.165) is 22.7 Å². The van der Waals surface area contributed by atoms with Crippen molar-refractivity contribution in [3.63, 3.8) is 0 Å². The van der Waals surface area contributed by atoms with E-state index in [4.69, 9.17) is 5.73 Å². The Hall–Kier alpha value is -3.52. The van der Waals surface area contributed by atoms with Crippen LogP contribution in [-0.2, 0) is 5.41 Å². The molecule has 5 rings (SSSR count). The third-order valence-corrected chi connectivity index (χ3v) is 6.27. The van der Waals surface area contributed by atoms with Crippen LogP contribution >= 0.6 is 0 Å². The summed E-state index contributed by atoms with van der Waals surface area (Å²) in [5.74, 6) is 0. The average Bonchev–Trinajstić information content (AvgIpc) is 2.98. The number of nitrogens with zero attached hydrogens (tertiary/aromatic N) is 1. The molecule has 148 valence electrons. The van der Waals surface area contributed by atoms with Gasteiger partial charge in [0.05, 0.1) is 0 Å². The van der Waals surface area contributed by atoms with Crippen molar-refractivity contribution in [3.8, 4) is 11.1 Å². The van der Waals surface area contributed by atoms with Gasteiger partial charge in [-0.2, -0.15) is 0 Å². The summed E-state index contributed by atoms with van der Waals surface area (Å²) in [5, 5.41) is 0. The van der Waals surface area contributed by atoms with Crippen LogP contribution in [0.1, 0.15) is 30.5 Å². The van der Waals surface area contributed by atoms with Gasteiger partial charge in [0, 0.05) is 28.2 Å². The minimum absolute atomic E-state index is 0.0258. The van der Waals surface area contributed by atoms with E-state index in [1.165, 1.54) is 27.8 Å². The molecule has 0 amide bonds. The molecule has 30 heavy (non-hydrogen) atoms. The topological polar surface area (TPSA) is 29.3 Å². The van der Waals surface area contributed by atoms with Gasteiger partial charge in [-0.3, -0.25) is 0 Å². The number of rotatable bonds is 3. The molecular formula is C28H26N2. The monoisotopic (exact) mass is 390 g/mol. The maximum atomic E-state index is 5.96. The van der Waals surface area contributed by atoms with Crippen molar-refractivity contribution >= 4 is 22.7 Å². The first kappa shape index (κ1) is 18.5. The number of fused-ring (bicyclic) bond motifs is 3. The van der Waals surface area contributed by atoms with Crippen LogP contribution in [0.4, 0.5) is 22.7 Å². The molecule has 2 nitrogen and oxygen atoms in total. The van der Waals surface area contributed by atoms with E-state index >= 15 is 0 Å². The molecule has 0 atom stereocenters. The molecule has 0 saturated heterocycles. The maximum absolute atomic E-state index is 5.96. The Labute approximate surface area is 178 Å². The van der Waals surface area contributed by atoms with Gasteiger partial charge in [-0.1, -0.05) is 61.9 Å². The van der Waals surface area contributed by atoms with Crippen molar-refractivity contribution in [2.75, 3.05) is 10.6 Å². The van der Waals surface area contributed by atoms with Crippen molar-refractivity contribution in [1.29, 1.82) is 0 Å². The first-order chi connectivity index (χ1) is 14.4. The molecule has 0 bridgehead atoms. The Bertz CT molecular complexity index is 1170. The van der Waals surface area contributed by atoms with Gasteiger partial charge in [-0.25, -0.2) is 0 Å². The highest BCUT2D eigenvalue weighted by atomic mass is 15.1. The number of aryl methyl sites for hydroxylation is 1. The molecule has 1 aliphatic carbocycles. The summed E-state index contributed by atoms with van der Waals surface area (Å²) >= 11 is 0. The smallest absolute Gasteiger partial charge is 0.0465 e. The molecule has 2 heteroatoms. The number of hydrogen-bond acceptors (Lipinski definition) is 2. The molecule has 4 aromatic carbocycles. The number of benzene rings is 4. The third kappa shape index (κ3) is 2.88. The normalized spacial score (nSPS) is 13.6. The summed E-state index contributed by atoms with van der Waals surface area (Å²) in [6, 6.07) is 32.4. The van der Waals surface area contributed by atoms with Crippen LogP contribution in [0, 0.1) is 6.92 Å². The number of nitrogen functional groups attached to an aromatic ring is 1. The van der Waals surface area contributed by atoms with Crippen molar-refractivity contribution in [3.05, 3.63) is 108 Å². The van der Waals surface area contributed by atoms with Crippen LogP contribution in [0.5, 0.6) is 0 Å². The van der Waals surface area contributed by atoms with Gasteiger partial charge in [0.15, 0.2) is 0 Å². The van der Waals surface area contributed by atoms with Crippen LogP contribution in [0.15, 0.2) is 91.0 Å². The predicted molar refractivity (Wildman–Crippen MR) is 128 cm³/mol. The van der Waals surface area contributed by atoms with Gasteiger partial charge in [-0.05, 0) is 77.7 Å². The molecule has 0 radical (unpaired) electrons. The summed E-state index contributed by atoms with van der Waals surface area (Å²) in [7, 11) is 0. The molecule has 1 aliphatic rings. The standard InChI is InChI=1S/C28H26N2/c1-19-8-12-21(13-9-19)30(22-14-10-20(29)11-15-22)23-16-17-25-24-6-4-5-7-26(24)28(2,3)27(25)18-23/h4-18H,29H2,1-3H3. The van der Waals surface area contributed by atoms with E-state index in [1.807, 2.05) is 12.1 Å². The Kier molecular flexibility index (Phi) is 4.18. The lowest BCUT2D eigenvalue weighted by atomic mass is 9.82. The van der Waals surface area contributed by atoms with Crippen molar-refractivity contribution in [2.24, 2.45) is 0 Å².